The molecule has 1 N–H and O–H groups in total. The van der Waals surface area contributed by atoms with Crippen molar-refractivity contribution >= 4 is 5.69 Å². The van der Waals surface area contributed by atoms with Crippen LogP contribution in [0.15, 0.2) is 24.3 Å². The number of benzene rings is 1. The van der Waals surface area contributed by atoms with Crippen LogP contribution < -0.4 is 0 Å². The SMILES string of the molecule is CCC(C(O)c1ccc([N+](=O)[O-])cc1)[N+](=O)[O-]. The lowest BCUT2D eigenvalue weighted by atomic mass is 10.0. The van der Waals surface area contributed by atoms with Gasteiger partial charge < -0.3 is 5.11 Å². The molecule has 2 unspecified atom stereocenters. The third-order valence-corrected chi connectivity index (χ3v) is 2.50. The lowest BCUT2D eigenvalue weighted by Crippen LogP contribution is -2.26. The molecule has 1 aromatic rings. The molecule has 1 aromatic carbocycles. The third kappa shape index (κ3) is 2.97. The molecule has 0 heterocycles. The summed E-state index contributed by atoms with van der Waals surface area (Å²) >= 11 is 0. The van der Waals surface area contributed by atoms with Gasteiger partial charge in [-0.3, -0.25) is 20.2 Å². The molecule has 1 rings (SSSR count). The van der Waals surface area contributed by atoms with E-state index in [0.717, 1.165) is 0 Å². The van der Waals surface area contributed by atoms with Gasteiger partial charge in [0.25, 0.3) is 5.69 Å². The molecule has 0 bridgehead atoms. The van der Waals surface area contributed by atoms with Gasteiger partial charge in [0.2, 0.25) is 6.04 Å². The Balaban J connectivity index is 2.92. The van der Waals surface area contributed by atoms with Crippen molar-refractivity contribution in [3.63, 3.8) is 0 Å². The molecule has 0 aliphatic heterocycles. The first-order valence-corrected chi connectivity index (χ1v) is 5.03. The second-order valence-corrected chi connectivity index (χ2v) is 3.55. The second kappa shape index (κ2) is 5.35. The van der Waals surface area contributed by atoms with Gasteiger partial charge in [-0.15, -0.1) is 0 Å². The van der Waals surface area contributed by atoms with Gasteiger partial charge in [0.05, 0.1) is 4.92 Å². The van der Waals surface area contributed by atoms with Gasteiger partial charge in [-0.05, 0) is 17.7 Å². The minimum Gasteiger partial charge on any atom is -0.381 e. The van der Waals surface area contributed by atoms with Crippen LogP contribution >= 0.6 is 0 Å². The molecule has 0 saturated heterocycles. The molecule has 0 amide bonds. The zero-order valence-corrected chi connectivity index (χ0v) is 9.15. The average Bonchev–Trinajstić information content (AvgIpc) is 2.29. The number of nitro benzene ring substituents is 1. The number of aliphatic hydroxyl groups is 1. The molecule has 0 aromatic heterocycles. The molecule has 0 fully saturated rings. The van der Waals surface area contributed by atoms with E-state index in [0.29, 0.717) is 5.56 Å². The standard InChI is InChI=1S/C10H12N2O5/c1-2-9(12(16)17)10(13)7-3-5-8(6-4-7)11(14)15/h3-6,9-10,13H,2H2,1H3. The van der Waals surface area contributed by atoms with E-state index < -0.39 is 22.0 Å². The first-order valence-electron chi connectivity index (χ1n) is 5.03. The third-order valence-electron chi connectivity index (χ3n) is 2.50. The van der Waals surface area contributed by atoms with Crippen molar-refractivity contribution in [1.29, 1.82) is 0 Å². The molecule has 0 aliphatic carbocycles. The van der Waals surface area contributed by atoms with Gasteiger partial charge in [0.15, 0.2) is 0 Å². The number of rotatable bonds is 5. The minimum absolute atomic E-state index is 0.116. The quantitative estimate of drug-likeness (QED) is 0.622. The molecule has 7 nitrogen and oxygen atoms in total. The van der Waals surface area contributed by atoms with E-state index in [1.807, 2.05) is 0 Å². The fraction of sp³-hybridized carbons (Fsp3) is 0.400. The molecule has 7 heteroatoms. The van der Waals surface area contributed by atoms with Gasteiger partial charge in [0.1, 0.15) is 6.10 Å². The normalized spacial score (nSPS) is 14.0. The van der Waals surface area contributed by atoms with E-state index in [9.17, 15) is 25.3 Å². The Labute approximate surface area is 97.0 Å². The maximum atomic E-state index is 10.7. The van der Waals surface area contributed by atoms with Gasteiger partial charge in [-0.2, -0.15) is 0 Å². The number of non-ortho nitro benzene ring substituents is 1. The molecule has 0 aliphatic rings. The van der Waals surface area contributed by atoms with Crippen molar-refractivity contribution in [3.05, 3.63) is 50.1 Å². The predicted octanol–water partition coefficient (Wildman–Crippen LogP) is 1.68. The minimum atomic E-state index is -1.25. The monoisotopic (exact) mass is 240 g/mol. The number of nitro groups is 2. The fourth-order valence-electron chi connectivity index (χ4n) is 1.50. The number of hydrogen-bond acceptors (Lipinski definition) is 5. The van der Waals surface area contributed by atoms with Crippen LogP contribution in [0.25, 0.3) is 0 Å². The summed E-state index contributed by atoms with van der Waals surface area (Å²) in [6.07, 6.45) is -1.07. The lowest BCUT2D eigenvalue weighted by molar-refractivity contribution is -0.536. The Morgan fingerprint density at radius 1 is 1.24 bits per heavy atom. The second-order valence-electron chi connectivity index (χ2n) is 3.55. The first-order chi connectivity index (χ1) is 7.97. The van der Waals surface area contributed by atoms with Crippen LogP contribution in [-0.4, -0.2) is 21.0 Å². The zero-order valence-electron chi connectivity index (χ0n) is 9.15. The van der Waals surface area contributed by atoms with Gasteiger partial charge in [0, 0.05) is 23.5 Å². The first kappa shape index (κ1) is 13.0. The van der Waals surface area contributed by atoms with E-state index >= 15 is 0 Å². The van der Waals surface area contributed by atoms with Crippen LogP contribution in [0.2, 0.25) is 0 Å². The number of aliphatic hydroxyl groups excluding tert-OH is 1. The maximum Gasteiger partial charge on any atom is 0.269 e. The van der Waals surface area contributed by atoms with Crippen LogP contribution in [0.3, 0.4) is 0 Å². The van der Waals surface area contributed by atoms with Crippen molar-refractivity contribution in [2.45, 2.75) is 25.5 Å². The van der Waals surface area contributed by atoms with Crippen molar-refractivity contribution in [1.82, 2.24) is 0 Å². The van der Waals surface area contributed by atoms with Crippen LogP contribution in [0.4, 0.5) is 5.69 Å². The van der Waals surface area contributed by atoms with E-state index in [2.05, 4.69) is 0 Å². The topological polar surface area (TPSA) is 107 Å². The van der Waals surface area contributed by atoms with E-state index in [4.69, 9.17) is 0 Å². The summed E-state index contributed by atoms with van der Waals surface area (Å²) in [7, 11) is 0. The van der Waals surface area contributed by atoms with Crippen molar-refractivity contribution in [2.75, 3.05) is 0 Å². The predicted molar refractivity (Wildman–Crippen MR) is 59.1 cm³/mol. The maximum absolute atomic E-state index is 10.7. The fourth-order valence-corrected chi connectivity index (χ4v) is 1.50. The molecular weight excluding hydrogens is 228 g/mol. The Kier molecular flexibility index (Phi) is 4.11. The van der Waals surface area contributed by atoms with Crippen LogP contribution in [-0.2, 0) is 0 Å². The molecule has 0 radical (unpaired) electrons. The Morgan fingerprint density at radius 2 is 1.76 bits per heavy atom. The summed E-state index contributed by atoms with van der Waals surface area (Å²) in [5.74, 6) is 0. The van der Waals surface area contributed by atoms with Gasteiger partial charge in [-0.1, -0.05) is 6.92 Å². The van der Waals surface area contributed by atoms with E-state index in [1.54, 1.807) is 6.92 Å². The Hall–Kier alpha value is -2.02. The molecule has 2 atom stereocenters. The smallest absolute Gasteiger partial charge is 0.269 e. The summed E-state index contributed by atoms with van der Waals surface area (Å²) in [4.78, 5) is 20.0. The van der Waals surface area contributed by atoms with Crippen LogP contribution in [0.5, 0.6) is 0 Å². The summed E-state index contributed by atoms with van der Waals surface area (Å²) < 4.78 is 0. The summed E-state index contributed by atoms with van der Waals surface area (Å²) in [5, 5.41) is 30.8. The summed E-state index contributed by atoms with van der Waals surface area (Å²) in [6, 6.07) is 3.98. The highest BCUT2D eigenvalue weighted by atomic mass is 16.6. The zero-order chi connectivity index (χ0) is 13.0. The highest BCUT2D eigenvalue weighted by Gasteiger charge is 2.29. The highest BCUT2D eigenvalue weighted by Crippen LogP contribution is 2.23. The van der Waals surface area contributed by atoms with Crippen molar-refractivity contribution in [3.8, 4) is 0 Å². The van der Waals surface area contributed by atoms with Gasteiger partial charge >= 0.3 is 0 Å². The van der Waals surface area contributed by atoms with E-state index in [1.165, 1.54) is 24.3 Å². The molecule has 17 heavy (non-hydrogen) atoms. The number of nitrogens with zero attached hydrogens (tertiary/aromatic N) is 2. The lowest BCUT2D eigenvalue weighted by Gasteiger charge is -2.14. The highest BCUT2D eigenvalue weighted by molar-refractivity contribution is 5.34. The largest absolute Gasteiger partial charge is 0.381 e. The summed E-state index contributed by atoms with van der Waals surface area (Å²) in [5.41, 5.74) is 0.189. The molecule has 0 spiro atoms. The molecular formula is C10H12N2O5. The van der Waals surface area contributed by atoms with E-state index in [-0.39, 0.29) is 12.1 Å². The molecule has 0 saturated carbocycles. The Bertz CT molecular complexity index is 417. The van der Waals surface area contributed by atoms with Crippen molar-refractivity contribution in [2.24, 2.45) is 0 Å². The Morgan fingerprint density at radius 3 is 2.12 bits per heavy atom. The summed E-state index contributed by atoms with van der Waals surface area (Å²) in [6.45, 7) is 1.60. The molecule has 92 valence electrons. The van der Waals surface area contributed by atoms with Crippen LogP contribution in [0, 0.1) is 20.2 Å². The number of hydrogen-bond donors (Lipinski definition) is 1. The van der Waals surface area contributed by atoms with Crippen molar-refractivity contribution < 1.29 is 15.0 Å². The van der Waals surface area contributed by atoms with Gasteiger partial charge in [-0.25, -0.2) is 0 Å². The van der Waals surface area contributed by atoms with Crippen LogP contribution in [0.1, 0.15) is 25.0 Å². The average molecular weight is 240 g/mol.